The molecule has 1 saturated heterocycles. The second kappa shape index (κ2) is 7.92. The van der Waals surface area contributed by atoms with E-state index in [-0.39, 0.29) is 24.2 Å². The summed E-state index contributed by atoms with van der Waals surface area (Å²) in [6, 6.07) is 15.0. The van der Waals surface area contributed by atoms with Gasteiger partial charge >= 0.3 is 0 Å². The van der Waals surface area contributed by atoms with Gasteiger partial charge in [0.1, 0.15) is 0 Å². The van der Waals surface area contributed by atoms with E-state index >= 15 is 0 Å². The summed E-state index contributed by atoms with van der Waals surface area (Å²) in [5.74, 6) is -0.0155. The Bertz CT molecular complexity index is 787. The molecule has 4 nitrogen and oxygen atoms in total. The highest BCUT2D eigenvalue weighted by Gasteiger charge is 2.35. The quantitative estimate of drug-likeness (QED) is 0.818. The number of nitrogens with one attached hydrogen (secondary N) is 1. The molecule has 2 aromatic rings. The molecule has 1 N–H and O–H groups in total. The molecule has 0 spiro atoms. The average Bonchev–Trinajstić information content (AvgIpc) is 3.04. The molecule has 1 aliphatic rings. The molecule has 1 fully saturated rings. The number of rotatable bonds is 5. The first-order valence-electron chi connectivity index (χ1n) is 8.94. The normalized spacial score (nSPS) is 18.0. The Morgan fingerprint density at radius 1 is 1.19 bits per heavy atom. The maximum absolute atomic E-state index is 12.6. The first-order chi connectivity index (χ1) is 12.5. The Balaban J connectivity index is 1.63. The maximum Gasteiger partial charge on any atom is 0.229 e. The summed E-state index contributed by atoms with van der Waals surface area (Å²) in [6.07, 6.45) is 1.30. The lowest BCUT2D eigenvalue weighted by molar-refractivity contribution is -0.122. The van der Waals surface area contributed by atoms with E-state index in [1.807, 2.05) is 24.3 Å². The maximum atomic E-state index is 12.6. The number of hydrogen-bond acceptors (Lipinski definition) is 2. The summed E-state index contributed by atoms with van der Waals surface area (Å²) in [4.78, 5) is 26.5. The molecule has 0 aliphatic carbocycles. The first-order valence-corrected chi connectivity index (χ1v) is 9.32. The van der Waals surface area contributed by atoms with Crippen LogP contribution < -0.4 is 10.2 Å². The molecular weight excluding hydrogens is 348 g/mol. The Morgan fingerprint density at radius 2 is 1.85 bits per heavy atom. The van der Waals surface area contributed by atoms with Gasteiger partial charge in [-0.1, -0.05) is 37.6 Å². The van der Waals surface area contributed by atoms with E-state index in [2.05, 4.69) is 19.2 Å². The molecule has 26 heavy (non-hydrogen) atoms. The van der Waals surface area contributed by atoms with Gasteiger partial charge in [-0.2, -0.15) is 0 Å². The van der Waals surface area contributed by atoms with Crippen LogP contribution in [0.3, 0.4) is 0 Å². The van der Waals surface area contributed by atoms with Gasteiger partial charge in [0.25, 0.3) is 0 Å². The number of amides is 2. The molecule has 0 unspecified atom stereocenters. The number of hydrogen-bond donors (Lipinski definition) is 1. The Hall–Kier alpha value is -2.33. The standard InChI is InChI=1S/C21H23ClN2O2/c1-3-14(2)15-4-8-18(9-5-15)23-21(26)16-12-20(25)24(13-16)19-10-6-17(22)7-11-19/h4-11,14,16H,3,12-13H2,1-2H3,(H,23,26)/t14-,16-/m0/s1. The fourth-order valence-corrected chi connectivity index (χ4v) is 3.25. The molecule has 2 amide bonds. The van der Waals surface area contributed by atoms with Gasteiger partial charge in [-0.3, -0.25) is 9.59 Å². The monoisotopic (exact) mass is 370 g/mol. The van der Waals surface area contributed by atoms with E-state index in [1.54, 1.807) is 29.2 Å². The summed E-state index contributed by atoms with van der Waals surface area (Å²) in [5.41, 5.74) is 2.79. The number of anilines is 2. The second-order valence-corrected chi connectivity index (χ2v) is 7.24. The molecule has 5 heteroatoms. The van der Waals surface area contributed by atoms with Crippen molar-refractivity contribution in [2.75, 3.05) is 16.8 Å². The van der Waals surface area contributed by atoms with Crippen molar-refractivity contribution in [2.45, 2.75) is 32.6 Å². The van der Waals surface area contributed by atoms with Crippen LogP contribution in [0.1, 0.15) is 38.2 Å². The van der Waals surface area contributed by atoms with Crippen molar-refractivity contribution in [3.8, 4) is 0 Å². The summed E-state index contributed by atoms with van der Waals surface area (Å²) in [6.45, 7) is 4.73. The van der Waals surface area contributed by atoms with Crippen LogP contribution in [0.5, 0.6) is 0 Å². The molecule has 0 aromatic heterocycles. The number of benzene rings is 2. The van der Waals surface area contributed by atoms with Crippen molar-refractivity contribution in [3.05, 3.63) is 59.1 Å². The second-order valence-electron chi connectivity index (χ2n) is 6.80. The minimum absolute atomic E-state index is 0.0420. The number of carbonyl (C=O) groups excluding carboxylic acids is 2. The highest BCUT2D eigenvalue weighted by Crippen LogP contribution is 2.27. The van der Waals surface area contributed by atoms with E-state index in [1.165, 1.54) is 5.56 Å². The topological polar surface area (TPSA) is 49.4 Å². The minimum atomic E-state index is -0.354. The molecule has 2 aromatic carbocycles. The lowest BCUT2D eigenvalue weighted by atomic mass is 9.98. The Morgan fingerprint density at radius 3 is 2.46 bits per heavy atom. The van der Waals surface area contributed by atoms with Crippen molar-refractivity contribution in [1.29, 1.82) is 0 Å². The summed E-state index contributed by atoms with van der Waals surface area (Å²) < 4.78 is 0. The summed E-state index contributed by atoms with van der Waals surface area (Å²) in [7, 11) is 0. The van der Waals surface area contributed by atoms with Gasteiger partial charge in [-0.05, 0) is 54.3 Å². The summed E-state index contributed by atoms with van der Waals surface area (Å²) in [5, 5.41) is 3.55. The predicted molar refractivity (Wildman–Crippen MR) is 106 cm³/mol. The molecule has 3 rings (SSSR count). The zero-order valence-corrected chi connectivity index (χ0v) is 15.8. The van der Waals surface area contributed by atoms with Gasteiger partial charge in [-0.25, -0.2) is 0 Å². The number of nitrogens with zero attached hydrogens (tertiary/aromatic N) is 1. The molecule has 1 heterocycles. The average molecular weight is 371 g/mol. The molecule has 1 aliphatic heterocycles. The largest absolute Gasteiger partial charge is 0.326 e. The third-order valence-corrected chi connectivity index (χ3v) is 5.25. The van der Waals surface area contributed by atoms with Gasteiger partial charge in [0.2, 0.25) is 11.8 Å². The van der Waals surface area contributed by atoms with Gasteiger partial charge in [0, 0.05) is 29.4 Å². The zero-order chi connectivity index (χ0) is 18.7. The highest BCUT2D eigenvalue weighted by molar-refractivity contribution is 6.30. The molecular formula is C21H23ClN2O2. The van der Waals surface area contributed by atoms with Crippen LogP contribution in [0, 0.1) is 5.92 Å². The third kappa shape index (κ3) is 4.07. The number of carbonyl (C=O) groups is 2. The Kier molecular flexibility index (Phi) is 5.62. The lowest BCUT2D eigenvalue weighted by Gasteiger charge is -2.17. The molecule has 2 atom stereocenters. The van der Waals surface area contributed by atoms with Crippen LogP contribution in [-0.2, 0) is 9.59 Å². The lowest BCUT2D eigenvalue weighted by Crippen LogP contribution is -2.28. The fourth-order valence-electron chi connectivity index (χ4n) is 3.13. The highest BCUT2D eigenvalue weighted by atomic mass is 35.5. The van der Waals surface area contributed by atoms with Crippen LogP contribution in [0.4, 0.5) is 11.4 Å². The van der Waals surface area contributed by atoms with Gasteiger partial charge in [0.15, 0.2) is 0 Å². The van der Waals surface area contributed by atoms with Crippen LogP contribution in [0.25, 0.3) is 0 Å². The zero-order valence-electron chi connectivity index (χ0n) is 15.0. The smallest absolute Gasteiger partial charge is 0.229 e. The van der Waals surface area contributed by atoms with E-state index in [9.17, 15) is 9.59 Å². The van der Waals surface area contributed by atoms with Crippen molar-refractivity contribution >= 4 is 34.8 Å². The van der Waals surface area contributed by atoms with Gasteiger partial charge in [0.05, 0.1) is 5.92 Å². The van der Waals surface area contributed by atoms with E-state index < -0.39 is 0 Å². The van der Waals surface area contributed by atoms with Gasteiger partial charge < -0.3 is 10.2 Å². The first kappa shape index (κ1) is 18.5. The van der Waals surface area contributed by atoms with Gasteiger partial charge in [-0.15, -0.1) is 0 Å². The van der Waals surface area contributed by atoms with Crippen LogP contribution in [0.15, 0.2) is 48.5 Å². The summed E-state index contributed by atoms with van der Waals surface area (Å²) >= 11 is 5.90. The van der Waals surface area contributed by atoms with Crippen LogP contribution >= 0.6 is 11.6 Å². The fraction of sp³-hybridized carbons (Fsp3) is 0.333. The molecule has 0 radical (unpaired) electrons. The van der Waals surface area contributed by atoms with E-state index in [0.717, 1.165) is 17.8 Å². The SMILES string of the molecule is CC[C@H](C)c1ccc(NC(=O)[C@H]2CC(=O)N(c3ccc(Cl)cc3)C2)cc1. The predicted octanol–water partition coefficient (Wildman–Crippen LogP) is 4.85. The minimum Gasteiger partial charge on any atom is -0.326 e. The van der Waals surface area contributed by atoms with Crippen LogP contribution in [-0.4, -0.2) is 18.4 Å². The van der Waals surface area contributed by atoms with Crippen molar-refractivity contribution in [1.82, 2.24) is 0 Å². The van der Waals surface area contributed by atoms with E-state index in [4.69, 9.17) is 11.6 Å². The number of halogens is 1. The third-order valence-electron chi connectivity index (χ3n) is 4.99. The molecule has 0 saturated carbocycles. The van der Waals surface area contributed by atoms with E-state index in [0.29, 0.717) is 17.5 Å². The molecule has 0 bridgehead atoms. The van der Waals surface area contributed by atoms with Crippen molar-refractivity contribution in [3.63, 3.8) is 0 Å². The van der Waals surface area contributed by atoms with Crippen molar-refractivity contribution in [2.24, 2.45) is 5.92 Å². The van der Waals surface area contributed by atoms with Crippen molar-refractivity contribution < 1.29 is 9.59 Å². The van der Waals surface area contributed by atoms with Crippen LogP contribution in [0.2, 0.25) is 5.02 Å². The Labute approximate surface area is 159 Å². The molecule has 136 valence electrons.